The van der Waals surface area contributed by atoms with Crippen molar-refractivity contribution in [1.82, 2.24) is 0 Å². The van der Waals surface area contributed by atoms with Crippen LogP contribution in [0.25, 0.3) is 0 Å². The van der Waals surface area contributed by atoms with Crippen LogP contribution in [0.4, 0.5) is 0 Å². The van der Waals surface area contributed by atoms with Crippen molar-refractivity contribution in [2.45, 2.75) is 0 Å². The Labute approximate surface area is 55.8 Å². The number of hydrogen-bond acceptors (Lipinski definition) is 0. The van der Waals surface area contributed by atoms with Crippen LogP contribution in [0.1, 0.15) is 0 Å². The first-order chi connectivity index (χ1) is 0. The van der Waals surface area contributed by atoms with Gasteiger partial charge in [0.25, 0.3) is 0 Å². The third kappa shape index (κ3) is 3700. The molecule has 0 heterocycles. The van der Waals surface area contributed by atoms with Gasteiger partial charge >= 0.3 is 16.5 Å². The molecule has 0 spiro atoms. The molecule has 0 aliphatic carbocycles. The van der Waals surface area contributed by atoms with Gasteiger partial charge in [-0.3, -0.25) is 0 Å². The van der Waals surface area contributed by atoms with E-state index in [2.05, 4.69) is 0 Å². The Hall–Kier alpha value is 0.214. The van der Waals surface area contributed by atoms with Crippen LogP contribution in [0.2, 0.25) is 0 Å². The van der Waals surface area contributed by atoms with E-state index in [0.717, 1.165) is 0 Å². The van der Waals surface area contributed by atoms with E-state index in [-0.39, 0.29) is 54.8 Å². The summed E-state index contributed by atoms with van der Waals surface area (Å²) < 4.78 is 0. The van der Waals surface area contributed by atoms with Gasteiger partial charge in [0.2, 0.25) is 0 Å². The van der Waals surface area contributed by atoms with E-state index >= 15 is 0 Å². The maximum atomic E-state index is 0. The van der Waals surface area contributed by atoms with E-state index in [9.17, 15) is 0 Å². The van der Waals surface area contributed by atoms with Crippen molar-refractivity contribution in [2.24, 2.45) is 0 Å². The zero-order valence-electron chi connectivity index (χ0n) is 3.82. The molecule has 64 valence electrons. The summed E-state index contributed by atoms with van der Waals surface area (Å²) in [7, 11) is 0. The van der Waals surface area contributed by atoms with Crippen LogP contribution in [-0.4, -0.2) is 38.3 Å². The molecule has 0 fully saturated rings. The SMILES string of the molecule is O.O.O.O.O.O.O.[Ni+2]. The largest absolute Gasteiger partial charge is 2.00 e. The summed E-state index contributed by atoms with van der Waals surface area (Å²) in [5, 5.41) is 0. The molecule has 0 atom stereocenters. The smallest absolute Gasteiger partial charge is 0.412 e. The summed E-state index contributed by atoms with van der Waals surface area (Å²) in [6.07, 6.45) is 0. The van der Waals surface area contributed by atoms with Gasteiger partial charge in [0, 0.05) is 0 Å². The van der Waals surface area contributed by atoms with Gasteiger partial charge in [0.1, 0.15) is 0 Å². The van der Waals surface area contributed by atoms with Crippen LogP contribution in [-0.2, 0) is 16.5 Å². The van der Waals surface area contributed by atoms with Crippen LogP contribution in [0, 0.1) is 0 Å². The normalized spacial score (nSPS) is 0. The Morgan fingerprint density at radius 2 is 0.250 bits per heavy atom. The molecule has 0 aromatic carbocycles. The molecular weight excluding hydrogens is 171 g/mol. The fraction of sp³-hybridized carbons (Fsp3) is 0. The maximum absolute atomic E-state index is 0. The van der Waals surface area contributed by atoms with Gasteiger partial charge in [-0.15, -0.1) is 0 Å². The summed E-state index contributed by atoms with van der Waals surface area (Å²) >= 11 is 0. The zero-order valence-corrected chi connectivity index (χ0v) is 4.80. The van der Waals surface area contributed by atoms with Crippen LogP contribution in [0.15, 0.2) is 0 Å². The molecule has 7 nitrogen and oxygen atoms in total. The summed E-state index contributed by atoms with van der Waals surface area (Å²) in [6, 6.07) is 0. The Bertz CT molecular complexity index is 4.35. The third-order valence-electron chi connectivity index (χ3n) is 0. The Morgan fingerprint density at radius 1 is 0.250 bits per heavy atom. The van der Waals surface area contributed by atoms with Crippen molar-refractivity contribution in [3.63, 3.8) is 0 Å². The monoisotopic (exact) mass is 184 g/mol. The minimum absolute atomic E-state index is 0. The second-order valence-electron chi connectivity index (χ2n) is 0. The topological polar surface area (TPSA) is 220 Å². The standard InChI is InChI=1S/Ni.7H2O/h;7*1H2/q+2;;;;;;;. The first-order valence-electron chi connectivity index (χ1n) is 0. The van der Waals surface area contributed by atoms with Crippen LogP contribution in [0.3, 0.4) is 0 Å². The van der Waals surface area contributed by atoms with E-state index in [1.807, 2.05) is 0 Å². The molecule has 0 saturated carbocycles. The van der Waals surface area contributed by atoms with Crippen molar-refractivity contribution >= 4 is 0 Å². The maximum Gasteiger partial charge on any atom is 2.00 e. The zero-order chi connectivity index (χ0) is 0. The molecule has 8 heteroatoms. The molecule has 0 radical (unpaired) electrons. The first-order valence-corrected chi connectivity index (χ1v) is 0. The van der Waals surface area contributed by atoms with E-state index in [1.165, 1.54) is 0 Å². The fourth-order valence-corrected chi connectivity index (χ4v) is 0. The molecule has 0 saturated heterocycles. The molecule has 0 aromatic heterocycles. The summed E-state index contributed by atoms with van der Waals surface area (Å²) in [5.74, 6) is 0. The molecule has 0 aliphatic heterocycles. The molecule has 0 aromatic rings. The quantitative estimate of drug-likeness (QED) is 0.321. The van der Waals surface area contributed by atoms with Gasteiger partial charge in [-0.25, -0.2) is 0 Å². The van der Waals surface area contributed by atoms with Gasteiger partial charge in [0.15, 0.2) is 0 Å². The molecule has 0 rings (SSSR count). The van der Waals surface area contributed by atoms with Crippen molar-refractivity contribution < 1.29 is 54.8 Å². The van der Waals surface area contributed by atoms with Gasteiger partial charge in [-0.05, 0) is 0 Å². The predicted octanol–water partition coefficient (Wildman–Crippen LogP) is -5.78. The van der Waals surface area contributed by atoms with Gasteiger partial charge in [-0.1, -0.05) is 0 Å². The summed E-state index contributed by atoms with van der Waals surface area (Å²) in [5.41, 5.74) is 0. The van der Waals surface area contributed by atoms with Gasteiger partial charge in [0.05, 0.1) is 0 Å². The number of rotatable bonds is 0. The second-order valence-corrected chi connectivity index (χ2v) is 0. The molecule has 0 aliphatic rings. The minimum atomic E-state index is 0. The van der Waals surface area contributed by atoms with Crippen LogP contribution >= 0.6 is 0 Å². The van der Waals surface area contributed by atoms with Gasteiger partial charge < -0.3 is 38.3 Å². The van der Waals surface area contributed by atoms with Crippen molar-refractivity contribution in [2.75, 3.05) is 0 Å². The predicted molar refractivity (Wildman–Crippen MR) is 25.3 cm³/mol. The Morgan fingerprint density at radius 3 is 0.250 bits per heavy atom. The molecule has 0 amide bonds. The molecular formula is H14NiO7+2. The van der Waals surface area contributed by atoms with Gasteiger partial charge in [-0.2, -0.15) is 0 Å². The van der Waals surface area contributed by atoms with E-state index in [1.54, 1.807) is 0 Å². The Kier molecular flexibility index (Phi) is 7160000. The van der Waals surface area contributed by atoms with Crippen LogP contribution < -0.4 is 0 Å². The molecule has 0 unspecified atom stereocenters. The second kappa shape index (κ2) is 6110. The van der Waals surface area contributed by atoms with E-state index in [0.29, 0.717) is 0 Å². The van der Waals surface area contributed by atoms with E-state index in [4.69, 9.17) is 0 Å². The van der Waals surface area contributed by atoms with Crippen molar-refractivity contribution in [1.29, 1.82) is 0 Å². The average Bonchev–Trinajstić information content (AvgIpc) is 0. The van der Waals surface area contributed by atoms with Crippen molar-refractivity contribution in [3.8, 4) is 0 Å². The molecule has 0 bridgehead atoms. The van der Waals surface area contributed by atoms with Crippen molar-refractivity contribution in [3.05, 3.63) is 0 Å². The molecule has 8 heavy (non-hydrogen) atoms. The minimum Gasteiger partial charge on any atom is -0.412 e. The Balaban J connectivity index is 0. The van der Waals surface area contributed by atoms with E-state index < -0.39 is 0 Å². The fourth-order valence-electron chi connectivity index (χ4n) is 0. The summed E-state index contributed by atoms with van der Waals surface area (Å²) in [4.78, 5) is 0. The molecule has 14 N–H and O–H groups in total. The average molecular weight is 185 g/mol. The summed E-state index contributed by atoms with van der Waals surface area (Å²) in [6.45, 7) is 0. The first kappa shape index (κ1) is 9380. The number of hydrogen-bond donors (Lipinski definition) is 0. The van der Waals surface area contributed by atoms with Crippen LogP contribution in [0.5, 0.6) is 0 Å². The third-order valence-corrected chi connectivity index (χ3v) is 0.